The molecule has 0 spiro atoms. The van der Waals surface area contributed by atoms with Gasteiger partial charge in [0.1, 0.15) is 6.10 Å². The second kappa shape index (κ2) is 6.30. The van der Waals surface area contributed by atoms with Gasteiger partial charge in [0.05, 0.1) is 6.10 Å². The first kappa shape index (κ1) is 18.9. The van der Waals surface area contributed by atoms with E-state index in [0.717, 1.165) is 19.3 Å². The number of rotatable bonds is 2. The standard InChI is InChI=1S/C23H32O4/c1-5-20(26)27-19-7-6-16-15-10-13(2)17-11-14(24)8-9-22(17,3)21(15)18(25)12-23(16,19)4/h8-9,11,13,15-16,18-19,21,25H,5-7,10,12H2,1-4H3/t13?,15?,16?,18?,19-,21?,22?,23?/m1/s1. The maximum atomic E-state index is 12.0. The third kappa shape index (κ3) is 2.66. The number of hydrogen-bond acceptors (Lipinski definition) is 4. The molecule has 3 fully saturated rings. The number of aliphatic hydroxyl groups excluding tert-OH is 1. The lowest BCUT2D eigenvalue weighted by Crippen LogP contribution is -2.58. The minimum atomic E-state index is -0.448. The summed E-state index contributed by atoms with van der Waals surface area (Å²) >= 11 is 0. The van der Waals surface area contributed by atoms with Gasteiger partial charge in [-0.1, -0.05) is 39.3 Å². The lowest BCUT2D eigenvalue weighted by molar-refractivity contribution is -0.168. The van der Waals surface area contributed by atoms with Crippen LogP contribution in [0.3, 0.4) is 0 Å². The van der Waals surface area contributed by atoms with Crippen molar-refractivity contribution in [2.45, 2.75) is 72.0 Å². The zero-order valence-electron chi connectivity index (χ0n) is 16.9. The summed E-state index contributed by atoms with van der Waals surface area (Å²) < 4.78 is 5.81. The first-order valence-electron chi connectivity index (χ1n) is 10.5. The van der Waals surface area contributed by atoms with Crippen molar-refractivity contribution in [3.8, 4) is 0 Å². The van der Waals surface area contributed by atoms with Crippen LogP contribution in [0.1, 0.15) is 59.8 Å². The summed E-state index contributed by atoms with van der Waals surface area (Å²) in [6, 6.07) is 0. The molecule has 4 nitrogen and oxygen atoms in total. The van der Waals surface area contributed by atoms with Gasteiger partial charge in [-0.2, -0.15) is 0 Å². The lowest BCUT2D eigenvalue weighted by Gasteiger charge is -2.59. The average Bonchev–Trinajstić information content (AvgIpc) is 2.92. The van der Waals surface area contributed by atoms with E-state index < -0.39 is 6.10 Å². The molecule has 4 aliphatic rings. The minimum Gasteiger partial charge on any atom is -0.462 e. The SMILES string of the molecule is CCC(=O)O[C@@H]1CCC2C3CC(C)C4=CC(=O)C=CC4(C)C3C(O)CC21C. The van der Waals surface area contributed by atoms with Gasteiger partial charge in [-0.3, -0.25) is 9.59 Å². The number of fused-ring (bicyclic) bond motifs is 5. The molecule has 4 aliphatic carbocycles. The van der Waals surface area contributed by atoms with E-state index in [0.29, 0.717) is 30.6 Å². The van der Waals surface area contributed by atoms with Crippen LogP contribution in [0.5, 0.6) is 0 Å². The predicted octanol–water partition coefficient (Wildman–Crippen LogP) is 3.83. The van der Waals surface area contributed by atoms with Crippen LogP contribution in [-0.4, -0.2) is 29.1 Å². The highest BCUT2D eigenvalue weighted by molar-refractivity contribution is 6.01. The molecule has 0 aliphatic heterocycles. The van der Waals surface area contributed by atoms with E-state index in [2.05, 4.69) is 20.8 Å². The molecule has 27 heavy (non-hydrogen) atoms. The lowest BCUT2D eigenvalue weighted by atomic mass is 9.46. The molecule has 3 saturated carbocycles. The molecule has 8 atom stereocenters. The Balaban J connectivity index is 1.69. The normalized spacial score (nSPS) is 48.3. The second-order valence-corrected chi connectivity index (χ2v) is 9.74. The molecule has 0 amide bonds. The fourth-order valence-corrected chi connectivity index (χ4v) is 7.14. The van der Waals surface area contributed by atoms with Crippen LogP contribution in [0.15, 0.2) is 23.8 Å². The van der Waals surface area contributed by atoms with E-state index in [1.165, 1.54) is 5.57 Å². The molecule has 1 N–H and O–H groups in total. The Morgan fingerprint density at radius 1 is 1.33 bits per heavy atom. The monoisotopic (exact) mass is 372 g/mol. The number of esters is 1. The summed E-state index contributed by atoms with van der Waals surface area (Å²) in [4.78, 5) is 23.9. The van der Waals surface area contributed by atoms with Crippen molar-refractivity contribution < 1.29 is 19.4 Å². The molecule has 0 saturated heterocycles. The number of allylic oxidation sites excluding steroid dienone is 4. The number of carbonyl (C=O) groups excluding carboxylic acids is 2. The van der Waals surface area contributed by atoms with Gasteiger partial charge in [0.15, 0.2) is 5.78 Å². The molecule has 0 heterocycles. The van der Waals surface area contributed by atoms with Crippen molar-refractivity contribution in [2.75, 3.05) is 0 Å². The zero-order valence-corrected chi connectivity index (χ0v) is 16.9. The smallest absolute Gasteiger partial charge is 0.305 e. The van der Waals surface area contributed by atoms with E-state index in [4.69, 9.17) is 4.74 Å². The first-order valence-corrected chi connectivity index (χ1v) is 10.5. The van der Waals surface area contributed by atoms with Gasteiger partial charge < -0.3 is 9.84 Å². The van der Waals surface area contributed by atoms with Gasteiger partial charge >= 0.3 is 5.97 Å². The van der Waals surface area contributed by atoms with Gasteiger partial charge in [0.2, 0.25) is 0 Å². The van der Waals surface area contributed by atoms with Crippen LogP contribution < -0.4 is 0 Å². The average molecular weight is 373 g/mol. The molecular weight excluding hydrogens is 340 g/mol. The highest BCUT2D eigenvalue weighted by Crippen LogP contribution is 2.65. The summed E-state index contributed by atoms with van der Waals surface area (Å²) in [5.74, 6) is 1.23. The Morgan fingerprint density at radius 3 is 2.78 bits per heavy atom. The van der Waals surface area contributed by atoms with Crippen LogP contribution >= 0.6 is 0 Å². The van der Waals surface area contributed by atoms with Crippen LogP contribution in [0.4, 0.5) is 0 Å². The molecule has 0 aromatic rings. The summed E-state index contributed by atoms with van der Waals surface area (Å²) in [6.07, 6.45) is 9.01. The maximum absolute atomic E-state index is 12.0. The molecule has 0 radical (unpaired) electrons. The van der Waals surface area contributed by atoms with Crippen molar-refractivity contribution in [3.05, 3.63) is 23.8 Å². The van der Waals surface area contributed by atoms with Crippen molar-refractivity contribution >= 4 is 11.8 Å². The number of hydrogen-bond donors (Lipinski definition) is 1. The van der Waals surface area contributed by atoms with E-state index in [1.54, 1.807) is 6.08 Å². The summed E-state index contributed by atoms with van der Waals surface area (Å²) in [5.41, 5.74) is 0.775. The van der Waals surface area contributed by atoms with E-state index in [1.807, 2.05) is 19.1 Å². The fourth-order valence-electron chi connectivity index (χ4n) is 7.14. The number of ketones is 1. The number of aliphatic hydroxyl groups is 1. The molecule has 7 unspecified atom stereocenters. The van der Waals surface area contributed by atoms with Crippen LogP contribution in [-0.2, 0) is 14.3 Å². The molecule has 0 aromatic carbocycles. The molecule has 4 heteroatoms. The zero-order chi connectivity index (χ0) is 19.6. The van der Waals surface area contributed by atoms with E-state index in [-0.39, 0.29) is 34.6 Å². The minimum absolute atomic E-state index is 0.0651. The fraction of sp³-hybridized carbons (Fsp3) is 0.739. The molecule has 148 valence electrons. The molecule has 0 aromatic heterocycles. The topological polar surface area (TPSA) is 63.6 Å². The Morgan fingerprint density at radius 2 is 2.07 bits per heavy atom. The highest BCUT2D eigenvalue weighted by atomic mass is 16.5. The van der Waals surface area contributed by atoms with Gasteiger partial charge in [0, 0.05) is 23.2 Å². The largest absolute Gasteiger partial charge is 0.462 e. The van der Waals surface area contributed by atoms with E-state index in [9.17, 15) is 14.7 Å². The summed E-state index contributed by atoms with van der Waals surface area (Å²) in [5, 5.41) is 11.3. The molecular formula is C23H32O4. The maximum Gasteiger partial charge on any atom is 0.305 e. The van der Waals surface area contributed by atoms with Crippen LogP contribution in [0.25, 0.3) is 0 Å². The van der Waals surface area contributed by atoms with Crippen molar-refractivity contribution in [3.63, 3.8) is 0 Å². The number of ether oxygens (including phenoxy) is 1. The Hall–Kier alpha value is -1.42. The Labute approximate surface area is 162 Å². The van der Waals surface area contributed by atoms with Gasteiger partial charge in [-0.05, 0) is 55.6 Å². The molecule has 0 bridgehead atoms. The van der Waals surface area contributed by atoms with Gasteiger partial charge in [-0.25, -0.2) is 0 Å². The quantitative estimate of drug-likeness (QED) is 0.748. The Kier molecular flexibility index (Phi) is 4.41. The third-order valence-electron chi connectivity index (χ3n) is 8.29. The van der Waals surface area contributed by atoms with Crippen molar-refractivity contribution in [2.24, 2.45) is 34.5 Å². The highest BCUT2D eigenvalue weighted by Gasteiger charge is 2.63. The van der Waals surface area contributed by atoms with Crippen molar-refractivity contribution in [1.29, 1.82) is 0 Å². The summed E-state index contributed by atoms with van der Waals surface area (Å²) in [7, 11) is 0. The van der Waals surface area contributed by atoms with Crippen LogP contribution in [0, 0.1) is 34.5 Å². The third-order valence-corrected chi connectivity index (χ3v) is 8.29. The number of carbonyl (C=O) groups is 2. The van der Waals surface area contributed by atoms with E-state index >= 15 is 0 Å². The predicted molar refractivity (Wildman–Crippen MR) is 103 cm³/mol. The Bertz CT molecular complexity index is 722. The summed E-state index contributed by atoms with van der Waals surface area (Å²) in [6.45, 7) is 8.46. The second-order valence-electron chi connectivity index (χ2n) is 9.74. The van der Waals surface area contributed by atoms with Crippen molar-refractivity contribution in [1.82, 2.24) is 0 Å². The van der Waals surface area contributed by atoms with Gasteiger partial charge in [0.25, 0.3) is 0 Å². The molecule has 4 rings (SSSR count). The first-order chi connectivity index (χ1) is 12.7. The van der Waals surface area contributed by atoms with Gasteiger partial charge in [-0.15, -0.1) is 0 Å². The van der Waals surface area contributed by atoms with Crippen LogP contribution in [0.2, 0.25) is 0 Å².